The van der Waals surface area contributed by atoms with Crippen LogP contribution >= 0.6 is 0 Å². The van der Waals surface area contributed by atoms with Crippen LogP contribution < -0.4 is 5.73 Å². The van der Waals surface area contributed by atoms with Gasteiger partial charge in [-0.25, -0.2) is 0 Å². The van der Waals surface area contributed by atoms with Crippen molar-refractivity contribution in [2.75, 3.05) is 19.8 Å². The highest BCUT2D eigenvalue weighted by molar-refractivity contribution is 5.19. The summed E-state index contributed by atoms with van der Waals surface area (Å²) in [5.74, 6) is 0.676. The molecule has 0 radical (unpaired) electrons. The molecule has 1 aliphatic rings. The van der Waals surface area contributed by atoms with Gasteiger partial charge in [0.15, 0.2) is 0 Å². The minimum Gasteiger partial charge on any atom is -0.381 e. The van der Waals surface area contributed by atoms with E-state index in [1.807, 2.05) is 25.1 Å². The van der Waals surface area contributed by atoms with Gasteiger partial charge in [-0.1, -0.05) is 30.3 Å². The van der Waals surface area contributed by atoms with Gasteiger partial charge in [0.05, 0.1) is 6.10 Å². The molecule has 1 heterocycles. The number of benzene rings is 1. The number of rotatable bonds is 6. The van der Waals surface area contributed by atoms with Gasteiger partial charge >= 0.3 is 0 Å². The van der Waals surface area contributed by atoms with Crippen LogP contribution in [0.15, 0.2) is 30.3 Å². The maximum atomic E-state index is 6.40. The van der Waals surface area contributed by atoms with Crippen molar-refractivity contribution in [1.82, 2.24) is 0 Å². The first-order valence-electron chi connectivity index (χ1n) is 7.31. The molecule has 0 spiro atoms. The van der Waals surface area contributed by atoms with Crippen LogP contribution in [-0.4, -0.2) is 25.9 Å². The van der Waals surface area contributed by atoms with E-state index in [-0.39, 0.29) is 12.1 Å². The summed E-state index contributed by atoms with van der Waals surface area (Å²) in [6.07, 6.45) is 3.28. The van der Waals surface area contributed by atoms with Crippen molar-refractivity contribution in [2.24, 2.45) is 11.7 Å². The van der Waals surface area contributed by atoms with Crippen LogP contribution in [0.1, 0.15) is 37.9 Å². The average molecular weight is 263 g/mol. The van der Waals surface area contributed by atoms with Crippen LogP contribution in [0.3, 0.4) is 0 Å². The number of hydrogen-bond donors (Lipinski definition) is 1. The SMILES string of the molecule is CCOC(c1ccccc1)C(N)CC1CCOCC1. The molecule has 1 saturated heterocycles. The van der Waals surface area contributed by atoms with Crippen molar-refractivity contribution in [1.29, 1.82) is 0 Å². The Kier molecular flexibility index (Phi) is 5.83. The van der Waals surface area contributed by atoms with E-state index in [0.29, 0.717) is 12.5 Å². The fourth-order valence-electron chi connectivity index (χ4n) is 2.78. The van der Waals surface area contributed by atoms with Crippen LogP contribution in [0.4, 0.5) is 0 Å². The van der Waals surface area contributed by atoms with E-state index >= 15 is 0 Å². The van der Waals surface area contributed by atoms with Gasteiger partial charge in [-0.2, -0.15) is 0 Å². The number of nitrogens with two attached hydrogens (primary N) is 1. The molecule has 3 nitrogen and oxygen atoms in total. The maximum absolute atomic E-state index is 6.40. The Hall–Kier alpha value is -0.900. The first-order chi connectivity index (χ1) is 9.31. The summed E-state index contributed by atoms with van der Waals surface area (Å²) in [5.41, 5.74) is 7.59. The lowest BCUT2D eigenvalue weighted by atomic mass is 9.89. The second-order valence-corrected chi connectivity index (χ2v) is 5.24. The molecule has 2 unspecified atom stereocenters. The standard InChI is InChI=1S/C16H25NO2/c1-2-19-16(14-6-4-3-5-7-14)15(17)12-13-8-10-18-11-9-13/h3-7,13,15-16H,2,8-12,17H2,1H3. The van der Waals surface area contributed by atoms with E-state index in [0.717, 1.165) is 32.5 Å². The Balaban J connectivity index is 1.97. The minimum absolute atomic E-state index is 0.00837. The van der Waals surface area contributed by atoms with Crippen molar-refractivity contribution in [3.63, 3.8) is 0 Å². The highest BCUT2D eigenvalue weighted by Crippen LogP contribution is 2.27. The molecule has 1 aromatic carbocycles. The van der Waals surface area contributed by atoms with E-state index in [1.165, 1.54) is 5.56 Å². The van der Waals surface area contributed by atoms with E-state index in [2.05, 4.69) is 12.1 Å². The lowest BCUT2D eigenvalue weighted by Gasteiger charge is -2.29. The van der Waals surface area contributed by atoms with E-state index in [9.17, 15) is 0 Å². The molecule has 0 amide bonds. The van der Waals surface area contributed by atoms with Gasteiger partial charge in [0.2, 0.25) is 0 Å². The fourth-order valence-corrected chi connectivity index (χ4v) is 2.78. The molecule has 106 valence electrons. The molecule has 1 aromatic rings. The Morgan fingerprint density at radius 2 is 1.95 bits per heavy atom. The molecule has 2 atom stereocenters. The quantitative estimate of drug-likeness (QED) is 0.858. The summed E-state index contributed by atoms with van der Waals surface area (Å²) in [7, 11) is 0. The first kappa shape index (κ1) is 14.5. The fraction of sp³-hybridized carbons (Fsp3) is 0.625. The molecule has 2 rings (SSSR count). The van der Waals surface area contributed by atoms with Crippen LogP contribution in [0.2, 0.25) is 0 Å². The van der Waals surface area contributed by atoms with Gasteiger partial charge in [0, 0.05) is 25.9 Å². The zero-order valence-corrected chi connectivity index (χ0v) is 11.8. The van der Waals surface area contributed by atoms with Gasteiger partial charge in [-0.05, 0) is 37.7 Å². The predicted octanol–water partition coefficient (Wildman–Crippen LogP) is 2.91. The Labute approximate surface area is 116 Å². The van der Waals surface area contributed by atoms with Gasteiger partial charge in [-0.15, -0.1) is 0 Å². The molecular weight excluding hydrogens is 238 g/mol. The van der Waals surface area contributed by atoms with Crippen molar-refractivity contribution >= 4 is 0 Å². The van der Waals surface area contributed by atoms with Crippen LogP contribution in [-0.2, 0) is 9.47 Å². The lowest BCUT2D eigenvalue weighted by molar-refractivity contribution is 0.0221. The highest BCUT2D eigenvalue weighted by Gasteiger charge is 2.24. The summed E-state index contributed by atoms with van der Waals surface area (Å²) < 4.78 is 11.3. The van der Waals surface area contributed by atoms with Crippen LogP contribution in [0, 0.1) is 5.92 Å². The lowest BCUT2D eigenvalue weighted by Crippen LogP contribution is -2.34. The number of hydrogen-bond acceptors (Lipinski definition) is 3. The summed E-state index contributed by atoms with van der Waals surface area (Å²) in [4.78, 5) is 0. The number of ether oxygens (including phenoxy) is 2. The van der Waals surface area contributed by atoms with Gasteiger partial charge < -0.3 is 15.2 Å². The van der Waals surface area contributed by atoms with Crippen molar-refractivity contribution in [2.45, 2.75) is 38.3 Å². The highest BCUT2D eigenvalue weighted by atomic mass is 16.5. The van der Waals surface area contributed by atoms with Gasteiger partial charge in [-0.3, -0.25) is 0 Å². The molecule has 0 aromatic heterocycles. The zero-order chi connectivity index (χ0) is 13.5. The normalized spacial score (nSPS) is 20.1. The predicted molar refractivity (Wildman–Crippen MR) is 76.9 cm³/mol. The van der Waals surface area contributed by atoms with E-state index in [1.54, 1.807) is 0 Å². The minimum atomic E-state index is 0.00837. The van der Waals surface area contributed by atoms with Crippen molar-refractivity contribution < 1.29 is 9.47 Å². The largest absolute Gasteiger partial charge is 0.381 e. The second kappa shape index (κ2) is 7.63. The molecule has 0 aliphatic carbocycles. The Morgan fingerprint density at radius 1 is 1.26 bits per heavy atom. The third kappa shape index (κ3) is 4.30. The molecule has 3 heteroatoms. The maximum Gasteiger partial charge on any atom is 0.0975 e. The molecule has 0 saturated carbocycles. The average Bonchev–Trinajstić information content (AvgIpc) is 2.46. The second-order valence-electron chi connectivity index (χ2n) is 5.24. The Bertz CT molecular complexity index is 349. The van der Waals surface area contributed by atoms with Crippen molar-refractivity contribution in [3.05, 3.63) is 35.9 Å². The van der Waals surface area contributed by atoms with E-state index in [4.69, 9.17) is 15.2 Å². The van der Waals surface area contributed by atoms with Gasteiger partial charge in [0.25, 0.3) is 0 Å². The van der Waals surface area contributed by atoms with Crippen LogP contribution in [0.5, 0.6) is 0 Å². The molecule has 1 aliphatic heterocycles. The topological polar surface area (TPSA) is 44.5 Å². The third-order valence-corrected chi connectivity index (χ3v) is 3.81. The molecule has 2 N–H and O–H groups in total. The molecular formula is C16H25NO2. The monoisotopic (exact) mass is 263 g/mol. The first-order valence-corrected chi connectivity index (χ1v) is 7.31. The van der Waals surface area contributed by atoms with Crippen LogP contribution in [0.25, 0.3) is 0 Å². The summed E-state index contributed by atoms with van der Waals surface area (Å²) >= 11 is 0. The molecule has 0 bridgehead atoms. The van der Waals surface area contributed by atoms with Gasteiger partial charge in [0.1, 0.15) is 0 Å². The summed E-state index contributed by atoms with van der Waals surface area (Å²) in [6.45, 7) is 4.47. The molecule has 19 heavy (non-hydrogen) atoms. The Morgan fingerprint density at radius 3 is 2.58 bits per heavy atom. The van der Waals surface area contributed by atoms with Crippen molar-refractivity contribution in [3.8, 4) is 0 Å². The molecule has 1 fully saturated rings. The summed E-state index contributed by atoms with van der Waals surface area (Å²) in [6, 6.07) is 10.4. The third-order valence-electron chi connectivity index (χ3n) is 3.81. The smallest absolute Gasteiger partial charge is 0.0975 e. The summed E-state index contributed by atoms with van der Waals surface area (Å²) in [5, 5.41) is 0. The zero-order valence-electron chi connectivity index (χ0n) is 11.8. The van der Waals surface area contributed by atoms with E-state index < -0.39 is 0 Å².